The van der Waals surface area contributed by atoms with E-state index in [0.29, 0.717) is 43.8 Å². The van der Waals surface area contributed by atoms with E-state index in [4.69, 9.17) is 9.47 Å². The number of amides is 1. The van der Waals surface area contributed by atoms with Crippen LogP contribution in [0, 0.1) is 0 Å². The van der Waals surface area contributed by atoms with Gasteiger partial charge in [0.2, 0.25) is 0 Å². The molecule has 1 aromatic carbocycles. The number of rotatable bonds is 5. The van der Waals surface area contributed by atoms with E-state index in [1.807, 2.05) is 23.1 Å². The molecule has 1 amide bonds. The fourth-order valence-electron chi connectivity index (χ4n) is 3.85. The number of nitrogens with zero attached hydrogens (tertiary/aromatic N) is 4. The third-order valence-electron chi connectivity index (χ3n) is 5.51. The predicted molar refractivity (Wildman–Crippen MR) is 106 cm³/mol. The highest BCUT2D eigenvalue weighted by atomic mass is 16.5. The summed E-state index contributed by atoms with van der Waals surface area (Å²) in [6.07, 6.45) is 3.12. The molecule has 3 heterocycles. The van der Waals surface area contributed by atoms with Crippen LogP contribution in [0.25, 0.3) is 10.9 Å². The molecule has 1 unspecified atom stereocenters. The zero-order valence-corrected chi connectivity index (χ0v) is 16.2. The predicted octanol–water partition coefficient (Wildman–Crippen LogP) is 0.870. The van der Waals surface area contributed by atoms with Crippen LogP contribution >= 0.6 is 0 Å². The molecule has 1 aromatic heterocycles. The zero-order valence-electron chi connectivity index (χ0n) is 16.2. The number of benzene rings is 1. The van der Waals surface area contributed by atoms with Crippen molar-refractivity contribution in [3.8, 4) is 0 Å². The number of carbonyl (C=O) groups excluding carboxylic acids is 1. The molecule has 0 spiro atoms. The van der Waals surface area contributed by atoms with Gasteiger partial charge in [0.15, 0.2) is 0 Å². The van der Waals surface area contributed by atoms with Crippen molar-refractivity contribution in [1.29, 1.82) is 0 Å². The number of hydrogen-bond donors (Lipinski definition) is 0. The molecule has 8 heteroatoms. The van der Waals surface area contributed by atoms with Gasteiger partial charge < -0.3 is 19.3 Å². The molecule has 2 fully saturated rings. The maximum absolute atomic E-state index is 12.6. The van der Waals surface area contributed by atoms with E-state index in [9.17, 15) is 9.59 Å². The Morgan fingerprint density at radius 1 is 1.29 bits per heavy atom. The van der Waals surface area contributed by atoms with Crippen molar-refractivity contribution >= 4 is 22.5 Å². The fraction of sp³-hybridized carbons (Fsp3) is 0.550. The molecular formula is C20H26N4O4. The van der Waals surface area contributed by atoms with Gasteiger partial charge in [0.25, 0.3) is 11.5 Å². The monoisotopic (exact) mass is 386 g/mol. The molecule has 0 radical (unpaired) electrons. The highest BCUT2D eigenvalue weighted by Crippen LogP contribution is 2.22. The summed E-state index contributed by atoms with van der Waals surface area (Å²) in [4.78, 5) is 33.6. The zero-order chi connectivity index (χ0) is 19.5. The van der Waals surface area contributed by atoms with Gasteiger partial charge in [-0.1, -0.05) is 0 Å². The minimum atomic E-state index is -0.253. The van der Waals surface area contributed by atoms with Crippen molar-refractivity contribution in [2.45, 2.75) is 25.5 Å². The third kappa shape index (κ3) is 3.74. The average Bonchev–Trinajstić information content (AvgIpc) is 3.27. The number of aromatic nitrogens is 2. The maximum atomic E-state index is 12.6. The van der Waals surface area contributed by atoms with E-state index in [1.165, 1.54) is 0 Å². The van der Waals surface area contributed by atoms with Gasteiger partial charge in [0.05, 0.1) is 30.4 Å². The van der Waals surface area contributed by atoms with Gasteiger partial charge in [0, 0.05) is 45.6 Å². The number of fused-ring (bicyclic) bond motifs is 1. The minimum Gasteiger partial charge on any atom is -0.383 e. The Hall–Kier alpha value is -2.45. The Bertz CT molecular complexity index is 899. The Labute approximate surface area is 163 Å². The fourth-order valence-corrected chi connectivity index (χ4v) is 3.85. The summed E-state index contributed by atoms with van der Waals surface area (Å²) in [5.74, 6) is 0.119. The molecule has 150 valence electrons. The quantitative estimate of drug-likeness (QED) is 0.759. The van der Waals surface area contributed by atoms with E-state index in [0.717, 1.165) is 31.6 Å². The van der Waals surface area contributed by atoms with E-state index in [-0.39, 0.29) is 17.6 Å². The first-order valence-electron chi connectivity index (χ1n) is 9.81. The first kappa shape index (κ1) is 18.9. The molecule has 1 atom stereocenters. The molecular weight excluding hydrogens is 360 g/mol. The molecule has 2 aliphatic rings. The third-order valence-corrected chi connectivity index (χ3v) is 5.51. The first-order chi connectivity index (χ1) is 13.7. The summed E-state index contributed by atoms with van der Waals surface area (Å²) in [5.41, 5.74) is 1.66. The number of anilines is 1. The molecule has 8 nitrogen and oxygen atoms in total. The van der Waals surface area contributed by atoms with Crippen molar-refractivity contribution in [3.05, 3.63) is 34.9 Å². The van der Waals surface area contributed by atoms with E-state index >= 15 is 0 Å². The highest BCUT2D eigenvalue weighted by molar-refractivity contribution is 5.82. The molecule has 4 rings (SSSR count). The van der Waals surface area contributed by atoms with Crippen LogP contribution in [0.4, 0.5) is 5.69 Å². The second-order valence-corrected chi connectivity index (χ2v) is 7.25. The molecule has 0 saturated carbocycles. The second-order valence-electron chi connectivity index (χ2n) is 7.25. The lowest BCUT2D eigenvalue weighted by atomic mass is 10.1. The van der Waals surface area contributed by atoms with Crippen LogP contribution in [-0.4, -0.2) is 73.0 Å². The van der Waals surface area contributed by atoms with Crippen LogP contribution in [0.5, 0.6) is 0 Å². The van der Waals surface area contributed by atoms with Gasteiger partial charge >= 0.3 is 0 Å². The number of carbonyl (C=O) groups is 1. The first-order valence-corrected chi connectivity index (χ1v) is 9.81. The van der Waals surface area contributed by atoms with Gasteiger partial charge in [-0.2, -0.15) is 0 Å². The molecule has 28 heavy (non-hydrogen) atoms. The number of ether oxygens (including phenoxy) is 2. The molecule has 2 aromatic rings. The second kappa shape index (κ2) is 8.28. The van der Waals surface area contributed by atoms with Gasteiger partial charge in [-0.15, -0.1) is 0 Å². The van der Waals surface area contributed by atoms with Gasteiger partial charge in [-0.05, 0) is 31.0 Å². The average molecular weight is 386 g/mol. The lowest BCUT2D eigenvalue weighted by Crippen LogP contribution is -2.51. The summed E-state index contributed by atoms with van der Waals surface area (Å²) in [7, 11) is 1.61. The Morgan fingerprint density at radius 3 is 2.82 bits per heavy atom. The Kier molecular flexibility index (Phi) is 5.59. The van der Waals surface area contributed by atoms with Gasteiger partial charge in [0.1, 0.15) is 6.10 Å². The summed E-state index contributed by atoms with van der Waals surface area (Å²) < 4.78 is 12.1. The van der Waals surface area contributed by atoms with E-state index < -0.39 is 0 Å². The Balaban J connectivity index is 1.45. The van der Waals surface area contributed by atoms with Crippen molar-refractivity contribution in [1.82, 2.24) is 14.5 Å². The van der Waals surface area contributed by atoms with Crippen molar-refractivity contribution in [3.63, 3.8) is 0 Å². The SMILES string of the molecule is COCCn1cnc2cc(N3CCN(C(=O)C4CCCO4)CC3)ccc2c1=O. The summed E-state index contributed by atoms with van der Waals surface area (Å²) in [5, 5.41) is 0.606. The van der Waals surface area contributed by atoms with Crippen LogP contribution in [0.2, 0.25) is 0 Å². The molecule has 2 aliphatic heterocycles. The highest BCUT2D eigenvalue weighted by Gasteiger charge is 2.30. The van der Waals surface area contributed by atoms with E-state index in [2.05, 4.69) is 9.88 Å². The molecule has 2 saturated heterocycles. The standard InChI is InChI=1S/C20H26N4O4/c1-27-12-10-24-14-21-17-13-15(4-5-16(17)19(24)25)22-6-8-23(9-7-22)20(26)18-3-2-11-28-18/h4-5,13-14,18H,2-3,6-12H2,1H3. The summed E-state index contributed by atoms with van der Waals surface area (Å²) in [6, 6.07) is 5.76. The van der Waals surface area contributed by atoms with Gasteiger partial charge in [-0.25, -0.2) is 4.98 Å². The van der Waals surface area contributed by atoms with Crippen LogP contribution in [0.3, 0.4) is 0 Å². The minimum absolute atomic E-state index is 0.0550. The Morgan fingerprint density at radius 2 is 2.11 bits per heavy atom. The maximum Gasteiger partial charge on any atom is 0.261 e. The van der Waals surface area contributed by atoms with Crippen molar-refractivity contribution in [2.75, 3.05) is 51.4 Å². The number of hydrogen-bond acceptors (Lipinski definition) is 6. The van der Waals surface area contributed by atoms with Crippen molar-refractivity contribution < 1.29 is 14.3 Å². The topological polar surface area (TPSA) is 76.9 Å². The van der Waals surface area contributed by atoms with Crippen molar-refractivity contribution in [2.24, 2.45) is 0 Å². The lowest BCUT2D eigenvalue weighted by Gasteiger charge is -2.37. The lowest BCUT2D eigenvalue weighted by molar-refractivity contribution is -0.141. The van der Waals surface area contributed by atoms with Crippen LogP contribution in [0.1, 0.15) is 12.8 Å². The van der Waals surface area contributed by atoms with Gasteiger partial charge in [-0.3, -0.25) is 14.2 Å². The number of piperazine rings is 1. The van der Waals surface area contributed by atoms with Crippen LogP contribution < -0.4 is 10.5 Å². The summed E-state index contributed by atoms with van der Waals surface area (Å²) in [6.45, 7) is 4.53. The molecule has 0 N–H and O–H groups in total. The van der Waals surface area contributed by atoms with Crippen LogP contribution in [-0.2, 0) is 20.8 Å². The smallest absolute Gasteiger partial charge is 0.261 e. The molecule has 0 aliphatic carbocycles. The van der Waals surface area contributed by atoms with Crippen LogP contribution in [0.15, 0.2) is 29.3 Å². The normalized spacial score (nSPS) is 20.1. The largest absolute Gasteiger partial charge is 0.383 e. The number of methoxy groups -OCH3 is 1. The molecule has 0 bridgehead atoms. The summed E-state index contributed by atoms with van der Waals surface area (Å²) >= 11 is 0. The van der Waals surface area contributed by atoms with E-state index in [1.54, 1.807) is 18.0 Å².